The third-order valence-corrected chi connectivity index (χ3v) is 2.60. The normalized spacial score (nSPS) is 27.5. The van der Waals surface area contributed by atoms with Crippen molar-refractivity contribution in [3.05, 3.63) is 0 Å². The molecule has 1 atom stereocenters. The van der Waals surface area contributed by atoms with Gasteiger partial charge in [-0.2, -0.15) is 0 Å². The maximum atomic E-state index is 10.2. The summed E-state index contributed by atoms with van der Waals surface area (Å²) >= 11 is 0. The van der Waals surface area contributed by atoms with Gasteiger partial charge in [0, 0.05) is 0 Å². The van der Waals surface area contributed by atoms with Crippen LogP contribution in [0.1, 0.15) is 32.1 Å². The molecule has 4 heteroatoms. The second kappa shape index (κ2) is 6.53. The van der Waals surface area contributed by atoms with Crippen LogP contribution in [-0.4, -0.2) is 19.2 Å². The summed E-state index contributed by atoms with van der Waals surface area (Å²) in [6.07, 6.45) is 5.92. The molecule has 3 nitrogen and oxygen atoms in total. The van der Waals surface area contributed by atoms with E-state index in [0.717, 1.165) is 25.9 Å². The average Bonchev–Trinajstić information content (AvgIpc) is 2.19. The zero-order valence-electron chi connectivity index (χ0n) is 7.29. The van der Waals surface area contributed by atoms with E-state index in [1.54, 1.807) is 0 Å². The number of nitrogens with one attached hydrogen (secondary N) is 1. The first-order chi connectivity index (χ1) is 5.93. The molecule has 70 valence electrons. The Morgan fingerprint density at radius 3 is 2.92 bits per heavy atom. The van der Waals surface area contributed by atoms with Crippen molar-refractivity contribution in [3.8, 4) is 0 Å². The molecule has 0 spiro atoms. The largest absolute Gasteiger partial charge is 0.327 e. The molecular formula is C8H16NO2P. The van der Waals surface area contributed by atoms with Crippen molar-refractivity contribution in [2.24, 2.45) is 0 Å². The molecule has 1 aliphatic heterocycles. The molecule has 0 radical (unpaired) electrons. The maximum Gasteiger partial charge on any atom is 0.327 e. The first kappa shape index (κ1) is 10.1. The fourth-order valence-electron chi connectivity index (χ4n) is 1.50. The van der Waals surface area contributed by atoms with Gasteiger partial charge in [0.2, 0.25) is 0 Å². The minimum Gasteiger partial charge on any atom is -0.317 e. The van der Waals surface area contributed by atoms with Crippen LogP contribution in [0.4, 0.5) is 0 Å². The van der Waals surface area contributed by atoms with Gasteiger partial charge < -0.3 is 5.32 Å². The molecule has 1 fully saturated rings. The summed E-state index contributed by atoms with van der Waals surface area (Å²) < 4.78 is 15.3. The number of hydrogen-bond donors (Lipinski definition) is 1. The van der Waals surface area contributed by atoms with Crippen LogP contribution in [0, 0.1) is 0 Å². The Kier molecular flexibility index (Phi) is 5.50. The predicted molar refractivity (Wildman–Crippen MR) is 48.4 cm³/mol. The predicted octanol–water partition coefficient (Wildman–Crippen LogP) is 2.13. The van der Waals surface area contributed by atoms with Crippen LogP contribution in [0.3, 0.4) is 0 Å². The van der Waals surface area contributed by atoms with Crippen molar-refractivity contribution in [1.29, 1.82) is 0 Å². The van der Waals surface area contributed by atoms with E-state index in [1.165, 1.54) is 19.3 Å². The van der Waals surface area contributed by atoms with Gasteiger partial charge in [0.05, 0.1) is 6.10 Å². The summed E-state index contributed by atoms with van der Waals surface area (Å²) in [5.74, 6) is 0. The van der Waals surface area contributed by atoms with Gasteiger partial charge in [-0.25, -0.2) is 4.57 Å². The molecule has 0 aromatic heterocycles. The molecule has 1 rings (SSSR count). The summed E-state index contributed by atoms with van der Waals surface area (Å²) in [7, 11) is -0.172. The van der Waals surface area contributed by atoms with Crippen LogP contribution < -0.4 is 5.32 Å². The summed E-state index contributed by atoms with van der Waals surface area (Å²) in [6, 6.07) is 0. The lowest BCUT2D eigenvalue weighted by atomic mass is 10.1. The molecule has 0 aromatic rings. The number of rotatable bonds is 2. The Bertz CT molecular complexity index is 122. The van der Waals surface area contributed by atoms with E-state index >= 15 is 0 Å². The van der Waals surface area contributed by atoms with Gasteiger partial charge >= 0.3 is 8.69 Å². The monoisotopic (exact) mass is 189 g/mol. The Morgan fingerprint density at radius 1 is 1.17 bits per heavy atom. The zero-order valence-corrected chi connectivity index (χ0v) is 8.19. The van der Waals surface area contributed by atoms with E-state index in [4.69, 9.17) is 4.52 Å². The highest BCUT2D eigenvalue weighted by molar-refractivity contribution is 7.17. The second-order valence-corrected chi connectivity index (χ2v) is 3.55. The average molecular weight is 189 g/mol. The molecule has 1 aliphatic rings. The molecule has 0 bridgehead atoms. The van der Waals surface area contributed by atoms with Gasteiger partial charge in [-0.3, -0.25) is 4.52 Å². The van der Waals surface area contributed by atoms with E-state index in [0.29, 0.717) is 0 Å². The van der Waals surface area contributed by atoms with Gasteiger partial charge in [0.15, 0.2) is 0 Å². The quantitative estimate of drug-likeness (QED) is 0.676. The fraction of sp³-hybridized carbons (Fsp3) is 1.00. The van der Waals surface area contributed by atoms with E-state index in [-0.39, 0.29) is 14.8 Å². The van der Waals surface area contributed by atoms with Crippen molar-refractivity contribution in [2.45, 2.75) is 38.2 Å². The Labute approximate surface area is 75.2 Å². The highest BCUT2D eigenvalue weighted by Crippen LogP contribution is 2.15. The molecular weight excluding hydrogens is 173 g/mol. The Balaban J connectivity index is 2.23. The molecule has 1 N–H and O–H groups in total. The third kappa shape index (κ3) is 4.15. The highest BCUT2D eigenvalue weighted by atomic mass is 31.1. The fourth-order valence-corrected chi connectivity index (χ4v) is 1.83. The molecule has 0 saturated carbocycles. The van der Waals surface area contributed by atoms with E-state index < -0.39 is 0 Å². The van der Waals surface area contributed by atoms with Crippen LogP contribution in [-0.2, 0) is 9.09 Å². The van der Waals surface area contributed by atoms with Gasteiger partial charge in [0.1, 0.15) is 0 Å². The minimum atomic E-state index is -0.172. The number of hydrogen-bond acceptors (Lipinski definition) is 3. The smallest absolute Gasteiger partial charge is 0.317 e. The van der Waals surface area contributed by atoms with Crippen molar-refractivity contribution < 1.29 is 9.09 Å². The Morgan fingerprint density at radius 2 is 2.08 bits per heavy atom. The summed E-state index contributed by atoms with van der Waals surface area (Å²) in [5, 5.41) is 3.33. The lowest BCUT2D eigenvalue weighted by Crippen LogP contribution is -2.20. The SMILES string of the molecule is O=POC1CCCCCNCC1. The molecule has 0 aromatic carbocycles. The van der Waals surface area contributed by atoms with E-state index in [2.05, 4.69) is 5.32 Å². The lowest BCUT2D eigenvalue weighted by Gasteiger charge is -2.10. The standard InChI is InChI=1S/C8H16NO2P/c10-12-11-8-4-2-1-3-6-9-7-5-8/h8-9H,1-7H2. The molecule has 12 heavy (non-hydrogen) atoms. The van der Waals surface area contributed by atoms with E-state index in [9.17, 15) is 4.57 Å². The van der Waals surface area contributed by atoms with Gasteiger partial charge in [-0.15, -0.1) is 0 Å². The van der Waals surface area contributed by atoms with Crippen molar-refractivity contribution >= 4 is 8.69 Å². The summed E-state index contributed by atoms with van der Waals surface area (Å²) in [6.45, 7) is 2.10. The molecule has 1 heterocycles. The molecule has 0 aliphatic carbocycles. The topological polar surface area (TPSA) is 38.3 Å². The van der Waals surface area contributed by atoms with Crippen molar-refractivity contribution in [1.82, 2.24) is 5.32 Å². The lowest BCUT2D eigenvalue weighted by molar-refractivity contribution is 0.199. The van der Waals surface area contributed by atoms with Crippen molar-refractivity contribution in [2.75, 3.05) is 13.1 Å². The van der Waals surface area contributed by atoms with Gasteiger partial charge in [-0.05, 0) is 32.4 Å². The van der Waals surface area contributed by atoms with Crippen LogP contribution in [0.25, 0.3) is 0 Å². The highest BCUT2D eigenvalue weighted by Gasteiger charge is 2.10. The molecule has 1 saturated heterocycles. The maximum absolute atomic E-state index is 10.2. The first-order valence-corrected chi connectivity index (χ1v) is 5.35. The molecule has 1 unspecified atom stereocenters. The summed E-state index contributed by atoms with van der Waals surface area (Å²) in [5.41, 5.74) is 0. The van der Waals surface area contributed by atoms with Crippen LogP contribution in [0.15, 0.2) is 0 Å². The molecule has 0 amide bonds. The second-order valence-electron chi connectivity index (χ2n) is 3.19. The van der Waals surface area contributed by atoms with Gasteiger partial charge in [-0.1, -0.05) is 12.8 Å². The minimum absolute atomic E-state index is 0.172. The van der Waals surface area contributed by atoms with Crippen LogP contribution >= 0.6 is 8.69 Å². The van der Waals surface area contributed by atoms with Crippen LogP contribution in [0.2, 0.25) is 0 Å². The zero-order chi connectivity index (χ0) is 8.65. The van der Waals surface area contributed by atoms with E-state index in [1.807, 2.05) is 0 Å². The van der Waals surface area contributed by atoms with Gasteiger partial charge in [0.25, 0.3) is 0 Å². The Hall–Kier alpha value is 0.0200. The van der Waals surface area contributed by atoms with Crippen LogP contribution in [0.5, 0.6) is 0 Å². The first-order valence-electron chi connectivity index (χ1n) is 4.62. The summed E-state index contributed by atoms with van der Waals surface area (Å²) in [4.78, 5) is 0. The van der Waals surface area contributed by atoms with Crippen molar-refractivity contribution in [3.63, 3.8) is 0 Å². The third-order valence-electron chi connectivity index (χ3n) is 2.21.